The second kappa shape index (κ2) is 9.34. The van der Waals surface area contributed by atoms with Crippen LogP contribution in [-0.2, 0) is 21.3 Å². The number of carbonyl (C=O) groups is 1. The third-order valence-electron chi connectivity index (χ3n) is 5.91. The molecular formula is C24H26N4O3S. The molecule has 3 aromatic rings. The molecule has 5 rings (SSSR count). The van der Waals surface area contributed by atoms with Crippen LogP contribution in [0.3, 0.4) is 0 Å². The molecule has 2 fully saturated rings. The summed E-state index contributed by atoms with van der Waals surface area (Å²) in [7, 11) is -0.940. The molecular weight excluding hydrogens is 424 g/mol. The number of anilines is 1. The number of carbonyl (C=O) groups excluding carboxylic acids is 1. The zero-order valence-electron chi connectivity index (χ0n) is 17.8. The molecule has 1 saturated heterocycles. The van der Waals surface area contributed by atoms with E-state index in [2.05, 4.69) is 20.5 Å². The lowest BCUT2D eigenvalue weighted by atomic mass is 10.1. The third-order valence-corrected chi connectivity index (χ3v) is 7.74. The summed E-state index contributed by atoms with van der Waals surface area (Å²) in [5.74, 6) is 2.42. The first-order valence-corrected chi connectivity index (χ1v) is 12.4. The molecule has 2 N–H and O–H groups in total. The maximum Gasteiger partial charge on any atom is 0.255 e. The first-order valence-electron chi connectivity index (χ1n) is 11.0. The van der Waals surface area contributed by atoms with E-state index in [0.717, 1.165) is 29.8 Å². The summed E-state index contributed by atoms with van der Waals surface area (Å²) in [5.41, 5.74) is 3.09. The summed E-state index contributed by atoms with van der Waals surface area (Å²) >= 11 is 0. The van der Waals surface area contributed by atoms with Crippen molar-refractivity contribution in [1.29, 1.82) is 0 Å². The van der Waals surface area contributed by atoms with E-state index in [0.29, 0.717) is 42.0 Å². The van der Waals surface area contributed by atoms with Crippen molar-refractivity contribution >= 4 is 22.4 Å². The van der Waals surface area contributed by atoms with Crippen LogP contribution in [0.4, 0.5) is 5.69 Å². The summed E-state index contributed by atoms with van der Waals surface area (Å²) in [4.78, 5) is 17.3. The second-order valence-corrected chi connectivity index (χ2v) is 10.1. The predicted molar refractivity (Wildman–Crippen MR) is 124 cm³/mol. The minimum absolute atomic E-state index is 0.185. The molecule has 32 heavy (non-hydrogen) atoms. The van der Waals surface area contributed by atoms with Crippen molar-refractivity contribution in [2.45, 2.75) is 42.6 Å². The highest BCUT2D eigenvalue weighted by molar-refractivity contribution is 7.84. The predicted octanol–water partition coefficient (Wildman–Crippen LogP) is 4.03. The molecule has 166 valence electrons. The molecule has 0 bridgehead atoms. The molecule has 2 heterocycles. The van der Waals surface area contributed by atoms with Gasteiger partial charge in [0.1, 0.15) is 5.82 Å². The number of amides is 1. The second-order valence-electron chi connectivity index (χ2n) is 8.39. The molecule has 1 saturated carbocycles. The quantitative estimate of drug-likeness (QED) is 0.566. The first-order chi connectivity index (χ1) is 15.7. The molecule has 1 aliphatic heterocycles. The molecule has 1 atom stereocenters. The maximum absolute atomic E-state index is 12.7. The van der Waals surface area contributed by atoms with Gasteiger partial charge < -0.3 is 10.1 Å². The fourth-order valence-corrected chi connectivity index (χ4v) is 5.34. The fraction of sp³-hybridized carbons (Fsp3) is 0.375. The van der Waals surface area contributed by atoms with Crippen LogP contribution in [0, 0.1) is 0 Å². The van der Waals surface area contributed by atoms with Crippen LogP contribution in [0.1, 0.15) is 53.3 Å². The van der Waals surface area contributed by atoms with Crippen LogP contribution in [0.15, 0.2) is 48.5 Å². The molecule has 0 radical (unpaired) electrons. The van der Waals surface area contributed by atoms with Crippen LogP contribution < -0.4 is 5.32 Å². The number of hydrogen-bond donors (Lipinski definition) is 2. The van der Waals surface area contributed by atoms with Gasteiger partial charge in [0.25, 0.3) is 5.91 Å². The van der Waals surface area contributed by atoms with Gasteiger partial charge in [-0.25, -0.2) is 4.98 Å². The van der Waals surface area contributed by atoms with Crippen molar-refractivity contribution < 1.29 is 13.7 Å². The Morgan fingerprint density at radius 3 is 2.62 bits per heavy atom. The monoisotopic (exact) mass is 450 g/mol. The number of nitrogens with one attached hydrogen (secondary N) is 2. The van der Waals surface area contributed by atoms with Gasteiger partial charge in [-0.3, -0.25) is 14.1 Å². The highest BCUT2D eigenvalue weighted by atomic mass is 32.2. The fourth-order valence-electron chi connectivity index (χ4n) is 3.88. The lowest BCUT2D eigenvalue weighted by Gasteiger charge is -2.21. The van der Waals surface area contributed by atoms with E-state index in [-0.39, 0.29) is 11.2 Å². The molecule has 1 amide bonds. The summed E-state index contributed by atoms with van der Waals surface area (Å²) < 4.78 is 18.0. The number of benzene rings is 2. The van der Waals surface area contributed by atoms with Gasteiger partial charge >= 0.3 is 0 Å². The van der Waals surface area contributed by atoms with Gasteiger partial charge in [0.05, 0.1) is 0 Å². The van der Waals surface area contributed by atoms with Crippen molar-refractivity contribution in [3.63, 3.8) is 0 Å². The standard InChI is InChI=1S/C24H26N4O3S/c29-24(19-8-6-18(7-9-19)23-26-22(27-28-23)17-4-5-17)25-20-3-1-2-16(14-20)15-32(30)21-10-12-31-13-11-21/h1-3,6-9,14,17,21H,4-5,10-13,15H2,(H,25,29)(H,26,27,28). The minimum Gasteiger partial charge on any atom is -0.381 e. The van der Waals surface area contributed by atoms with Gasteiger partial charge in [-0.1, -0.05) is 24.3 Å². The van der Waals surface area contributed by atoms with Gasteiger partial charge in [0.2, 0.25) is 0 Å². The molecule has 1 aromatic heterocycles. The number of rotatable bonds is 7. The number of nitrogens with zero attached hydrogens (tertiary/aromatic N) is 2. The Hall–Kier alpha value is -2.84. The Labute approximate surface area is 189 Å². The highest BCUT2D eigenvalue weighted by Gasteiger charge is 2.27. The van der Waals surface area contributed by atoms with E-state index >= 15 is 0 Å². The largest absolute Gasteiger partial charge is 0.381 e. The van der Waals surface area contributed by atoms with Gasteiger partial charge in [-0.2, -0.15) is 5.10 Å². The van der Waals surface area contributed by atoms with Crippen molar-refractivity contribution in [2.75, 3.05) is 18.5 Å². The molecule has 2 aliphatic rings. The van der Waals surface area contributed by atoms with Crippen molar-refractivity contribution in [1.82, 2.24) is 15.2 Å². The van der Waals surface area contributed by atoms with Crippen LogP contribution >= 0.6 is 0 Å². The van der Waals surface area contributed by atoms with Crippen LogP contribution in [0.2, 0.25) is 0 Å². The molecule has 8 heteroatoms. The maximum atomic E-state index is 12.7. The van der Waals surface area contributed by atoms with E-state index in [9.17, 15) is 9.00 Å². The lowest BCUT2D eigenvalue weighted by Crippen LogP contribution is -2.25. The van der Waals surface area contributed by atoms with E-state index in [1.807, 2.05) is 36.4 Å². The number of H-pyrrole nitrogens is 1. The molecule has 7 nitrogen and oxygen atoms in total. The first kappa shape index (κ1) is 21.0. The summed E-state index contributed by atoms with van der Waals surface area (Å²) in [6, 6.07) is 14.9. The molecule has 1 unspecified atom stereocenters. The van der Waals surface area contributed by atoms with Gasteiger partial charge in [-0.05, 0) is 55.5 Å². The minimum atomic E-state index is -0.940. The van der Waals surface area contributed by atoms with E-state index < -0.39 is 10.8 Å². The number of aromatic nitrogens is 3. The van der Waals surface area contributed by atoms with Gasteiger partial charge in [0, 0.05) is 57.7 Å². The highest BCUT2D eigenvalue weighted by Crippen LogP contribution is 2.38. The van der Waals surface area contributed by atoms with Gasteiger partial charge in [-0.15, -0.1) is 0 Å². The Balaban J connectivity index is 1.21. The molecule has 0 spiro atoms. The normalized spacial score (nSPS) is 17.8. The SMILES string of the molecule is O=C(Nc1cccc(CS(=O)C2CCOCC2)c1)c1ccc(-c2n[nH]c(C3CC3)n2)cc1. The topological polar surface area (TPSA) is 97.0 Å². The average Bonchev–Trinajstić information content (AvgIpc) is 3.56. The summed E-state index contributed by atoms with van der Waals surface area (Å²) in [6.07, 6.45) is 4.02. The number of hydrogen-bond acceptors (Lipinski definition) is 5. The Kier molecular flexibility index (Phi) is 6.14. The number of aromatic amines is 1. The molecule has 1 aliphatic carbocycles. The smallest absolute Gasteiger partial charge is 0.255 e. The lowest BCUT2D eigenvalue weighted by molar-refractivity contribution is 0.0991. The Morgan fingerprint density at radius 2 is 1.88 bits per heavy atom. The Morgan fingerprint density at radius 1 is 1.09 bits per heavy atom. The van der Waals surface area contributed by atoms with Crippen LogP contribution in [0.5, 0.6) is 0 Å². The molecule has 2 aromatic carbocycles. The average molecular weight is 451 g/mol. The van der Waals surface area contributed by atoms with Crippen molar-refractivity contribution in [2.24, 2.45) is 0 Å². The Bertz CT molecular complexity index is 1120. The van der Waals surface area contributed by atoms with Gasteiger partial charge in [0.15, 0.2) is 5.82 Å². The summed E-state index contributed by atoms with van der Waals surface area (Å²) in [6.45, 7) is 1.37. The van der Waals surface area contributed by atoms with E-state index in [1.165, 1.54) is 12.8 Å². The van der Waals surface area contributed by atoms with Crippen molar-refractivity contribution in [3.05, 3.63) is 65.5 Å². The number of ether oxygens (including phenoxy) is 1. The third kappa shape index (κ3) is 4.97. The summed E-state index contributed by atoms with van der Waals surface area (Å²) in [5, 5.41) is 10.4. The van der Waals surface area contributed by atoms with Crippen molar-refractivity contribution in [3.8, 4) is 11.4 Å². The zero-order chi connectivity index (χ0) is 21.9. The zero-order valence-corrected chi connectivity index (χ0v) is 18.6. The van der Waals surface area contributed by atoms with Crippen LogP contribution in [-0.4, -0.2) is 43.8 Å². The van der Waals surface area contributed by atoms with E-state index in [4.69, 9.17) is 4.74 Å². The van der Waals surface area contributed by atoms with Crippen LogP contribution in [0.25, 0.3) is 11.4 Å². The van der Waals surface area contributed by atoms with E-state index in [1.54, 1.807) is 12.1 Å².